The number of nitrogens with zero attached hydrogens (tertiary/aromatic N) is 6. The number of fused-ring (bicyclic) bond motifs is 5. The van der Waals surface area contributed by atoms with Gasteiger partial charge in [-0.15, -0.1) is 0 Å². The van der Waals surface area contributed by atoms with Crippen molar-refractivity contribution in [2.45, 2.75) is 71.7 Å². The highest BCUT2D eigenvalue weighted by Crippen LogP contribution is 2.40. The Morgan fingerprint density at radius 3 is 2.60 bits per heavy atom. The molecule has 3 atom stereocenters. The highest BCUT2D eigenvalue weighted by atomic mass is 19.1. The standard InChI is InChI=1S/C34H38F2N6O3/c1-7-26(43)40-16-21(6)41(17-20(40)5)32-23-15-19(4)29-27-24(35)10-11-25(36)31(27)45-14-8-9-22-12-13-37-28(18(2)3)30(22)42(33(23)38-29)34(44)39-32/h7,10-13,15,18,20-21,26,43H,1,8-9,14,16-17H2,2-6H3/t20-,21+,26?/m1/s1. The largest absolute Gasteiger partial charge is 0.490 e. The quantitative estimate of drug-likeness (QED) is 0.310. The number of aryl methyl sites for hydroxylation is 2. The molecule has 11 heteroatoms. The van der Waals surface area contributed by atoms with Gasteiger partial charge in [-0.3, -0.25) is 9.88 Å². The van der Waals surface area contributed by atoms with Gasteiger partial charge in [0.25, 0.3) is 0 Å². The van der Waals surface area contributed by atoms with Crippen LogP contribution < -0.4 is 15.3 Å². The van der Waals surface area contributed by atoms with E-state index < -0.39 is 23.6 Å². The molecule has 6 rings (SSSR count). The predicted octanol–water partition coefficient (Wildman–Crippen LogP) is 5.28. The van der Waals surface area contributed by atoms with Crippen LogP contribution in [0.1, 0.15) is 56.9 Å². The number of aliphatic hydroxyl groups is 1. The van der Waals surface area contributed by atoms with E-state index in [1.807, 2.05) is 44.7 Å². The molecule has 4 aromatic rings. The number of anilines is 1. The Hall–Kier alpha value is -4.22. The second-order valence-corrected chi connectivity index (χ2v) is 12.3. The van der Waals surface area contributed by atoms with Gasteiger partial charge in [0.15, 0.2) is 17.2 Å². The van der Waals surface area contributed by atoms with Crippen LogP contribution in [-0.4, -0.2) is 67.5 Å². The molecule has 9 nitrogen and oxygen atoms in total. The zero-order chi connectivity index (χ0) is 32.2. The van der Waals surface area contributed by atoms with E-state index in [4.69, 9.17) is 14.7 Å². The predicted molar refractivity (Wildman–Crippen MR) is 170 cm³/mol. The number of halogens is 2. The van der Waals surface area contributed by atoms with Gasteiger partial charge in [-0.2, -0.15) is 4.98 Å². The minimum Gasteiger partial charge on any atom is -0.490 e. The van der Waals surface area contributed by atoms with Gasteiger partial charge in [-0.05, 0) is 81.0 Å². The molecule has 1 unspecified atom stereocenters. The van der Waals surface area contributed by atoms with Crippen LogP contribution in [0.5, 0.6) is 5.75 Å². The molecule has 2 aliphatic rings. The number of rotatable bonds is 4. The highest BCUT2D eigenvalue weighted by molar-refractivity contribution is 5.92. The molecule has 1 fully saturated rings. The third-order valence-corrected chi connectivity index (χ3v) is 8.83. The molecule has 236 valence electrons. The van der Waals surface area contributed by atoms with Crippen molar-refractivity contribution < 1.29 is 18.6 Å². The second kappa shape index (κ2) is 11.9. The molecule has 0 amide bonds. The lowest BCUT2D eigenvalue weighted by molar-refractivity contribution is 0.0000490. The molecule has 0 saturated carbocycles. The molecule has 0 radical (unpaired) electrons. The molecule has 1 N–H and O–H groups in total. The van der Waals surface area contributed by atoms with Crippen LogP contribution >= 0.6 is 0 Å². The SMILES string of the molecule is C=CC(O)N1C[C@H](C)N(c2nc(=O)n3c4nc(c(C)cc24)-c2c(F)ccc(F)c2OCCCc2ccnc(C(C)C)c2-3)C[C@H]1C. The van der Waals surface area contributed by atoms with Gasteiger partial charge >= 0.3 is 5.69 Å². The Balaban J connectivity index is 1.70. The molecule has 0 spiro atoms. The number of aliphatic hydroxyl groups excluding tert-OH is 1. The van der Waals surface area contributed by atoms with Crippen LogP contribution in [0, 0.1) is 18.6 Å². The van der Waals surface area contributed by atoms with Crippen molar-refractivity contribution in [1.29, 1.82) is 0 Å². The van der Waals surface area contributed by atoms with E-state index in [1.165, 1.54) is 10.6 Å². The topological polar surface area (TPSA) is 96.6 Å². The van der Waals surface area contributed by atoms with E-state index in [0.29, 0.717) is 54.1 Å². The maximum Gasteiger partial charge on any atom is 0.355 e. The Morgan fingerprint density at radius 1 is 1.11 bits per heavy atom. The molecule has 1 aromatic carbocycles. The summed E-state index contributed by atoms with van der Waals surface area (Å²) in [6.07, 6.45) is 3.41. The summed E-state index contributed by atoms with van der Waals surface area (Å²) in [4.78, 5) is 32.6. The van der Waals surface area contributed by atoms with Crippen LogP contribution in [0.3, 0.4) is 0 Å². The third-order valence-electron chi connectivity index (χ3n) is 8.83. The fraction of sp³-hybridized carbons (Fsp3) is 0.412. The van der Waals surface area contributed by atoms with Crippen LogP contribution in [0.25, 0.3) is 28.0 Å². The Labute approximate surface area is 260 Å². The molecule has 2 bridgehead atoms. The van der Waals surface area contributed by atoms with Gasteiger partial charge in [-0.25, -0.2) is 23.1 Å². The summed E-state index contributed by atoms with van der Waals surface area (Å²) in [7, 11) is 0. The number of hydrogen-bond acceptors (Lipinski definition) is 8. The van der Waals surface area contributed by atoms with Crippen molar-refractivity contribution in [3.8, 4) is 22.7 Å². The molecular formula is C34H38F2N6O3. The van der Waals surface area contributed by atoms with Gasteiger partial charge in [0.05, 0.1) is 34.6 Å². The number of ether oxygens (including phenoxy) is 1. The Morgan fingerprint density at radius 2 is 1.87 bits per heavy atom. The summed E-state index contributed by atoms with van der Waals surface area (Å²) in [6, 6.07) is 5.61. The number of hydrogen-bond donors (Lipinski definition) is 1. The normalized spacial score (nSPS) is 19.4. The smallest absolute Gasteiger partial charge is 0.355 e. The van der Waals surface area contributed by atoms with E-state index in [1.54, 1.807) is 13.1 Å². The first-order chi connectivity index (χ1) is 21.5. The molecule has 5 heterocycles. The van der Waals surface area contributed by atoms with Crippen molar-refractivity contribution in [3.05, 3.63) is 82.1 Å². The van der Waals surface area contributed by atoms with E-state index in [9.17, 15) is 9.90 Å². The van der Waals surface area contributed by atoms with Gasteiger partial charge in [0.2, 0.25) is 0 Å². The van der Waals surface area contributed by atoms with Crippen molar-refractivity contribution in [1.82, 2.24) is 24.4 Å². The van der Waals surface area contributed by atoms with Crippen LogP contribution in [-0.2, 0) is 6.42 Å². The fourth-order valence-electron chi connectivity index (χ4n) is 6.58. The lowest BCUT2D eigenvalue weighted by Crippen LogP contribution is -2.59. The molecule has 1 saturated heterocycles. The van der Waals surface area contributed by atoms with E-state index in [-0.39, 0.29) is 47.3 Å². The van der Waals surface area contributed by atoms with Gasteiger partial charge in [0.1, 0.15) is 17.9 Å². The van der Waals surface area contributed by atoms with Crippen LogP contribution in [0.2, 0.25) is 0 Å². The van der Waals surface area contributed by atoms with E-state index in [2.05, 4.69) is 16.5 Å². The van der Waals surface area contributed by atoms with Gasteiger partial charge in [-0.1, -0.05) is 20.4 Å². The number of benzene rings is 1. The lowest BCUT2D eigenvalue weighted by Gasteiger charge is -2.46. The van der Waals surface area contributed by atoms with Crippen LogP contribution in [0.15, 0.2) is 47.9 Å². The van der Waals surface area contributed by atoms with Crippen LogP contribution in [0.4, 0.5) is 14.6 Å². The van der Waals surface area contributed by atoms with E-state index in [0.717, 1.165) is 17.7 Å². The molecule has 45 heavy (non-hydrogen) atoms. The summed E-state index contributed by atoms with van der Waals surface area (Å²) < 4.78 is 38.2. The first-order valence-electron chi connectivity index (χ1n) is 15.4. The Kier molecular flexibility index (Phi) is 8.17. The van der Waals surface area contributed by atoms with Gasteiger partial charge < -0.3 is 14.7 Å². The summed E-state index contributed by atoms with van der Waals surface area (Å²) in [5, 5.41) is 11.1. The minimum absolute atomic E-state index is 0.0341. The van der Waals surface area contributed by atoms with Crippen molar-refractivity contribution in [2.24, 2.45) is 0 Å². The van der Waals surface area contributed by atoms with Gasteiger partial charge in [0, 0.05) is 31.4 Å². The maximum absolute atomic E-state index is 15.6. The Bertz CT molecular complexity index is 1860. The summed E-state index contributed by atoms with van der Waals surface area (Å²) in [6.45, 7) is 14.7. The second-order valence-electron chi connectivity index (χ2n) is 12.3. The number of piperazine rings is 1. The molecular weight excluding hydrogens is 578 g/mol. The minimum atomic E-state index is -0.802. The third kappa shape index (κ3) is 5.27. The number of pyridine rings is 2. The maximum atomic E-state index is 15.6. The average Bonchev–Trinajstić information content (AvgIpc) is 3.00. The molecule has 3 aromatic heterocycles. The average molecular weight is 617 g/mol. The van der Waals surface area contributed by atoms with Crippen molar-refractivity contribution >= 4 is 16.9 Å². The molecule has 2 aliphatic heterocycles. The molecule has 0 aliphatic carbocycles. The fourth-order valence-corrected chi connectivity index (χ4v) is 6.58. The first-order valence-corrected chi connectivity index (χ1v) is 15.4. The highest BCUT2D eigenvalue weighted by Gasteiger charge is 2.35. The summed E-state index contributed by atoms with van der Waals surface area (Å²) >= 11 is 0. The zero-order valence-corrected chi connectivity index (χ0v) is 26.2. The number of aromatic nitrogens is 4. The lowest BCUT2D eigenvalue weighted by atomic mass is 9.99. The van der Waals surface area contributed by atoms with E-state index >= 15 is 8.78 Å². The van der Waals surface area contributed by atoms with Crippen molar-refractivity contribution in [2.75, 3.05) is 24.6 Å². The summed E-state index contributed by atoms with van der Waals surface area (Å²) in [5.74, 6) is -1.16. The van der Waals surface area contributed by atoms with Crippen molar-refractivity contribution in [3.63, 3.8) is 0 Å². The zero-order valence-electron chi connectivity index (χ0n) is 26.2. The first kappa shape index (κ1) is 30.8. The summed E-state index contributed by atoms with van der Waals surface area (Å²) in [5.41, 5.74) is 2.55. The monoisotopic (exact) mass is 616 g/mol.